The van der Waals surface area contributed by atoms with Gasteiger partial charge in [0.1, 0.15) is 0 Å². The van der Waals surface area contributed by atoms with Gasteiger partial charge in [-0.1, -0.05) is 58.8 Å². The Balaban J connectivity index is 3.41. The average molecular weight is 270 g/mol. The van der Waals surface area contributed by atoms with Crippen molar-refractivity contribution in [3.8, 4) is 0 Å². The van der Waals surface area contributed by atoms with Crippen molar-refractivity contribution >= 4 is 5.91 Å². The van der Waals surface area contributed by atoms with Gasteiger partial charge in [-0.05, 0) is 26.9 Å². The van der Waals surface area contributed by atoms with Crippen LogP contribution in [0.2, 0.25) is 0 Å². The van der Waals surface area contributed by atoms with Crippen molar-refractivity contribution in [2.45, 2.75) is 77.7 Å². The van der Waals surface area contributed by atoms with Crippen LogP contribution >= 0.6 is 0 Å². The molecule has 3 heteroatoms. The van der Waals surface area contributed by atoms with Crippen LogP contribution < -0.4 is 5.32 Å². The fraction of sp³-hybridized carbons (Fsp3) is 0.938. The van der Waals surface area contributed by atoms with Gasteiger partial charge in [0, 0.05) is 6.54 Å². The Kier molecular flexibility index (Phi) is 12.1. The molecule has 114 valence electrons. The number of hydrogen-bond donors (Lipinski definition) is 1. The first-order chi connectivity index (χ1) is 9.13. The molecule has 0 fully saturated rings. The summed E-state index contributed by atoms with van der Waals surface area (Å²) in [6.07, 6.45) is 11.3. The number of rotatable bonds is 12. The molecule has 0 rings (SSSR count). The number of carbonyl (C=O) groups is 1. The van der Waals surface area contributed by atoms with E-state index in [-0.39, 0.29) is 11.9 Å². The normalized spacial score (nSPS) is 12.7. The van der Waals surface area contributed by atoms with Crippen molar-refractivity contribution in [2.75, 3.05) is 20.6 Å². The van der Waals surface area contributed by atoms with Gasteiger partial charge in [0.2, 0.25) is 5.91 Å². The Morgan fingerprint density at radius 1 is 0.947 bits per heavy atom. The quantitative estimate of drug-likeness (QED) is 0.550. The van der Waals surface area contributed by atoms with Crippen LogP contribution in [0.1, 0.15) is 71.6 Å². The number of carbonyl (C=O) groups excluding carboxylic acids is 1. The van der Waals surface area contributed by atoms with E-state index in [0.29, 0.717) is 0 Å². The summed E-state index contributed by atoms with van der Waals surface area (Å²) >= 11 is 0. The third-order valence-electron chi connectivity index (χ3n) is 3.64. The van der Waals surface area contributed by atoms with Gasteiger partial charge in [-0.2, -0.15) is 0 Å². The summed E-state index contributed by atoms with van der Waals surface area (Å²) in [7, 11) is 3.92. The summed E-state index contributed by atoms with van der Waals surface area (Å²) in [4.78, 5) is 13.9. The summed E-state index contributed by atoms with van der Waals surface area (Å²) in [5.74, 6) is 0.176. The minimum absolute atomic E-state index is 0.0223. The predicted molar refractivity (Wildman–Crippen MR) is 83.4 cm³/mol. The van der Waals surface area contributed by atoms with E-state index in [4.69, 9.17) is 0 Å². The lowest BCUT2D eigenvalue weighted by atomic mass is 10.1. The Hall–Kier alpha value is -0.570. The van der Waals surface area contributed by atoms with E-state index in [2.05, 4.69) is 19.2 Å². The maximum Gasteiger partial charge on any atom is 0.237 e. The van der Waals surface area contributed by atoms with Crippen molar-refractivity contribution in [3.63, 3.8) is 0 Å². The van der Waals surface area contributed by atoms with Crippen LogP contribution in [0.3, 0.4) is 0 Å². The number of nitrogens with zero attached hydrogens (tertiary/aromatic N) is 1. The molecular formula is C16H34N2O. The number of nitrogens with one attached hydrogen (secondary N) is 1. The molecule has 0 saturated carbocycles. The van der Waals surface area contributed by atoms with E-state index < -0.39 is 0 Å². The van der Waals surface area contributed by atoms with Crippen LogP contribution in [-0.2, 0) is 4.79 Å². The molecule has 3 nitrogen and oxygen atoms in total. The van der Waals surface area contributed by atoms with E-state index >= 15 is 0 Å². The van der Waals surface area contributed by atoms with Crippen LogP contribution in [0.5, 0.6) is 0 Å². The maximum atomic E-state index is 11.9. The second-order valence-corrected chi connectivity index (χ2v) is 5.65. The first-order valence-electron chi connectivity index (χ1n) is 8.07. The molecule has 0 aliphatic heterocycles. The fourth-order valence-electron chi connectivity index (χ4n) is 2.37. The van der Waals surface area contributed by atoms with Gasteiger partial charge in [0.05, 0.1) is 6.04 Å². The van der Waals surface area contributed by atoms with Gasteiger partial charge in [-0.25, -0.2) is 0 Å². The summed E-state index contributed by atoms with van der Waals surface area (Å²) in [6, 6.07) is 0.0223. The average Bonchev–Trinajstić information content (AvgIpc) is 2.37. The Labute approximate surface area is 120 Å². The number of unbranched alkanes of at least 4 members (excludes halogenated alkanes) is 7. The Bertz CT molecular complexity index is 217. The van der Waals surface area contributed by atoms with E-state index in [0.717, 1.165) is 19.4 Å². The molecule has 0 aliphatic carbocycles. The minimum Gasteiger partial charge on any atom is -0.355 e. The molecule has 0 spiro atoms. The SMILES string of the molecule is CCCCCCCCCCNC(=O)C(CC)N(C)C. The van der Waals surface area contributed by atoms with Gasteiger partial charge >= 0.3 is 0 Å². The molecule has 0 heterocycles. The van der Waals surface area contributed by atoms with E-state index in [1.54, 1.807) is 0 Å². The number of hydrogen-bond acceptors (Lipinski definition) is 2. The molecule has 0 aliphatic rings. The maximum absolute atomic E-state index is 11.9. The number of amides is 1. The van der Waals surface area contributed by atoms with Crippen LogP contribution in [0.25, 0.3) is 0 Å². The summed E-state index contributed by atoms with van der Waals surface area (Å²) in [6.45, 7) is 5.14. The lowest BCUT2D eigenvalue weighted by Crippen LogP contribution is -2.43. The van der Waals surface area contributed by atoms with Crippen molar-refractivity contribution in [2.24, 2.45) is 0 Å². The monoisotopic (exact) mass is 270 g/mol. The molecule has 1 amide bonds. The van der Waals surface area contributed by atoms with Gasteiger partial charge in [-0.3, -0.25) is 9.69 Å². The van der Waals surface area contributed by atoms with E-state index in [9.17, 15) is 4.79 Å². The fourth-order valence-corrected chi connectivity index (χ4v) is 2.37. The highest BCUT2D eigenvalue weighted by Crippen LogP contribution is 2.08. The minimum atomic E-state index is 0.0223. The van der Waals surface area contributed by atoms with Gasteiger partial charge < -0.3 is 5.32 Å². The second-order valence-electron chi connectivity index (χ2n) is 5.65. The summed E-state index contributed by atoms with van der Waals surface area (Å²) in [5.41, 5.74) is 0. The first kappa shape index (κ1) is 18.4. The van der Waals surface area contributed by atoms with Crippen molar-refractivity contribution in [1.29, 1.82) is 0 Å². The molecule has 1 unspecified atom stereocenters. The molecular weight excluding hydrogens is 236 g/mol. The van der Waals surface area contributed by atoms with Crippen molar-refractivity contribution in [1.82, 2.24) is 10.2 Å². The zero-order chi connectivity index (χ0) is 14.5. The number of likely N-dealkylation sites (N-methyl/N-ethyl adjacent to an activating group) is 1. The zero-order valence-electron chi connectivity index (χ0n) is 13.5. The largest absolute Gasteiger partial charge is 0.355 e. The molecule has 0 aromatic carbocycles. The molecule has 19 heavy (non-hydrogen) atoms. The molecule has 0 radical (unpaired) electrons. The molecule has 1 atom stereocenters. The van der Waals surface area contributed by atoms with E-state index in [1.807, 2.05) is 19.0 Å². The van der Waals surface area contributed by atoms with Gasteiger partial charge in [0.15, 0.2) is 0 Å². The van der Waals surface area contributed by atoms with Crippen molar-refractivity contribution < 1.29 is 4.79 Å². The first-order valence-corrected chi connectivity index (χ1v) is 8.07. The second kappa shape index (κ2) is 12.5. The highest BCUT2D eigenvalue weighted by molar-refractivity contribution is 5.81. The van der Waals surface area contributed by atoms with Crippen LogP contribution in [0.15, 0.2) is 0 Å². The lowest BCUT2D eigenvalue weighted by molar-refractivity contribution is -0.125. The van der Waals surface area contributed by atoms with E-state index in [1.165, 1.54) is 44.9 Å². The predicted octanol–water partition coefficient (Wildman–Crippen LogP) is 3.58. The smallest absolute Gasteiger partial charge is 0.237 e. The Morgan fingerprint density at radius 3 is 1.95 bits per heavy atom. The van der Waals surface area contributed by atoms with Crippen LogP contribution in [-0.4, -0.2) is 37.5 Å². The van der Waals surface area contributed by atoms with Crippen LogP contribution in [0.4, 0.5) is 0 Å². The van der Waals surface area contributed by atoms with Gasteiger partial charge in [0.25, 0.3) is 0 Å². The summed E-state index contributed by atoms with van der Waals surface area (Å²) in [5, 5.41) is 3.05. The molecule has 0 aromatic heterocycles. The summed E-state index contributed by atoms with van der Waals surface area (Å²) < 4.78 is 0. The molecule has 0 aromatic rings. The third kappa shape index (κ3) is 9.94. The highest BCUT2D eigenvalue weighted by Gasteiger charge is 2.17. The molecule has 0 saturated heterocycles. The van der Waals surface area contributed by atoms with Gasteiger partial charge in [-0.15, -0.1) is 0 Å². The Morgan fingerprint density at radius 2 is 1.47 bits per heavy atom. The standard InChI is InChI=1S/C16H34N2O/c1-5-7-8-9-10-11-12-13-14-17-16(19)15(6-2)18(3)4/h15H,5-14H2,1-4H3,(H,17,19). The van der Waals surface area contributed by atoms with Crippen molar-refractivity contribution in [3.05, 3.63) is 0 Å². The third-order valence-corrected chi connectivity index (χ3v) is 3.64. The molecule has 0 bridgehead atoms. The topological polar surface area (TPSA) is 32.3 Å². The highest BCUT2D eigenvalue weighted by atomic mass is 16.2. The molecule has 1 N–H and O–H groups in total. The zero-order valence-corrected chi connectivity index (χ0v) is 13.5. The van der Waals surface area contributed by atoms with Crippen LogP contribution in [0, 0.1) is 0 Å². The lowest BCUT2D eigenvalue weighted by Gasteiger charge is -2.21.